The zero-order valence-electron chi connectivity index (χ0n) is 22.5. The normalized spacial score (nSPS) is 16.5. The van der Waals surface area contributed by atoms with Crippen LogP contribution >= 0.6 is 0 Å². The van der Waals surface area contributed by atoms with Crippen LogP contribution in [-0.4, -0.2) is 61.4 Å². The second-order valence-electron chi connectivity index (χ2n) is 9.70. The summed E-state index contributed by atoms with van der Waals surface area (Å²) in [5.41, 5.74) is 0.607. The molecule has 2 aliphatic heterocycles. The predicted octanol–water partition coefficient (Wildman–Crippen LogP) is 4.02. The van der Waals surface area contributed by atoms with E-state index >= 15 is 0 Å². The molecule has 214 valence electrons. The molecular formula is C30H29FN2O8. The zero-order chi connectivity index (χ0) is 28.9. The fourth-order valence-corrected chi connectivity index (χ4v) is 4.84. The van der Waals surface area contributed by atoms with Crippen molar-refractivity contribution in [1.82, 2.24) is 4.90 Å². The number of ether oxygens (including phenoxy) is 3. The average Bonchev–Trinajstić information content (AvgIpc) is 3.46. The molecule has 0 N–H and O–H groups in total. The number of carbonyl (C=O) groups excluding carboxylic acids is 4. The topological polar surface area (TPSA) is 116 Å². The third-order valence-corrected chi connectivity index (χ3v) is 6.93. The molecule has 11 heteroatoms. The Labute approximate surface area is 235 Å². The highest BCUT2D eigenvalue weighted by Gasteiger charge is 2.32. The highest BCUT2D eigenvalue weighted by atomic mass is 19.1. The first kappa shape index (κ1) is 27.9. The van der Waals surface area contributed by atoms with Crippen molar-refractivity contribution in [2.24, 2.45) is 5.92 Å². The third kappa shape index (κ3) is 6.24. The molecule has 10 nitrogen and oxygen atoms in total. The molecule has 5 rings (SSSR count). The van der Waals surface area contributed by atoms with Gasteiger partial charge in [0, 0.05) is 18.7 Å². The van der Waals surface area contributed by atoms with Crippen molar-refractivity contribution in [3.05, 3.63) is 77.5 Å². The molecule has 1 aromatic heterocycles. The van der Waals surface area contributed by atoms with Gasteiger partial charge in [0.2, 0.25) is 0 Å². The monoisotopic (exact) mass is 564 g/mol. The molecule has 0 spiro atoms. The number of para-hydroxylation sites is 1. The first-order chi connectivity index (χ1) is 19.8. The van der Waals surface area contributed by atoms with Crippen LogP contribution in [0.15, 0.2) is 59.0 Å². The number of hydrogen-bond acceptors (Lipinski definition) is 8. The Morgan fingerprint density at radius 3 is 2.73 bits per heavy atom. The number of nitrogens with zero attached hydrogens (tertiary/aromatic N) is 2. The maximum absolute atomic E-state index is 13.9. The molecule has 1 atom stereocenters. The fourth-order valence-electron chi connectivity index (χ4n) is 4.84. The summed E-state index contributed by atoms with van der Waals surface area (Å²) in [6, 6.07) is 13.6. The van der Waals surface area contributed by atoms with Crippen LogP contribution < -0.4 is 14.4 Å². The van der Waals surface area contributed by atoms with Gasteiger partial charge in [-0.05, 0) is 62.2 Å². The number of furan rings is 1. The molecule has 0 bridgehead atoms. The molecule has 1 saturated heterocycles. The quantitative estimate of drug-likeness (QED) is 0.283. The Kier molecular flexibility index (Phi) is 8.32. The lowest BCUT2D eigenvalue weighted by Gasteiger charge is -2.31. The molecule has 1 unspecified atom stereocenters. The number of benzene rings is 2. The van der Waals surface area contributed by atoms with Crippen molar-refractivity contribution in [3.63, 3.8) is 0 Å². The number of esters is 1. The summed E-state index contributed by atoms with van der Waals surface area (Å²) in [6.07, 6.45) is 1.33. The predicted molar refractivity (Wildman–Crippen MR) is 143 cm³/mol. The average molecular weight is 565 g/mol. The van der Waals surface area contributed by atoms with E-state index in [1.54, 1.807) is 36.1 Å². The van der Waals surface area contributed by atoms with Crippen LogP contribution in [-0.2, 0) is 20.9 Å². The SMILES string of the molecule is CCOC(=O)C1CCCN(C(=O)c2ccc(CN3C(=O)COc4ccc(C(=O)COc5ccccc5F)cc43)o2)C1. The van der Waals surface area contributed by atoms with Crippen LogP contribution in [0.5, 0.6) is 11.5 Å². The van der Waals surface area contributed by atoms with Crippen LogP contribution in [0.25, 0.3) is 0 Å². The van der Waals surface area contributed by atoms with Gasteiger partial charge in [0.1, 0.15) is 11.5 Å². The Balaban J connectivity index is 1.28. The van der Waals surface area contributed by atoms with Crippen molar-refractivity contribution in [1.29, 1.82) is 0 Å². The smallest absolute Gasteiger partial charge is 0.310 e. The molecule has 0 aliphatic carbocycles. The first-order valence-corrected chi connectivity index (χ1v) is 13.4. The number of halogens is 1. The Bertz CT molecular complexity index is 1470. The second-order valence-corrected chi connectivity index (χ2v) is 9.70. The van der Waals surface area contributed by atoms with Crippen LogP contribution in [0.1, 0.15) is 46.4 Å². The molecule has 0 radical (unpaired) electrons. The van der Waals surface area contributed by atoms with Crippen molar-refractivity contribution in [2.75, 3.05) is 37.8 Å². The summed E-state index contributed by atoms with van der Waals surface area (Å²) in [6.45, 7) is 2.17. The van der Waals surface area contributed by atoms with Crippen LogP contribution in [0.2, 0.25) is 0 Å². The van der Waals surface area contributed by atoms with E-state index in [0.717, 1.165) is 0 Å². The van der Waals surface area contributed by atoms with Crippen molar-refractivity contribution >= 4 is 29.3 Å². The fraction of sp³-hybridized carbons (Fsp3) is 0.333. The largest absolute Gasteiger partial charge is 0.482 e. The summed E-state index contributed by atoms with van der Waals surface area (Å²) in [4.78, 5) is 53.9. The van der Waals surface area contributed by atoms with E-state index in [-0.39, 0.29) is 67.1 Å². The molecule has 3 aromatic rings. The summed E-state index contributed by atoms with van der Waals surface area (Å²) in [5.74, 6) is -1.57. The standard InChI is InChI=1S/C30H29FN2O8/c1-2-38-30(37)20-6-5-13-32(15-20)29(36)27-12-10-21(41-27)16-33-23-14-19(9-11-26(23)40-18-28(33)35)24(34)17-39-25-8-4-3-7-22(25)31/h3-4,7-12,14,20H,2,5-6,13,15-18H2,1H3. The molecule has 3 heterocycles. The first-order valence-electron chi connectivity index (χ1n) is 13.4. The molecule has 2 amide bonds. The minimum atomic E-state index is -0.577. The Morgan fingerprint density at radius 1 is 1.10 bits per heavy atom. The zero-order valence-corrected chi connectivity index (χ0v) is 22.5. The van der Waals surface area contributed by atoms with Crippen molar-refractivity contribution < 1.29 is 42.2 Å². The van der Waals surface area contributed by atoms with Crippen molar-refractivity contribution in [2.45, 2.75) is 26.3 Å². The summed E-state index contributed by atoms with van der Waals surface area (Å²) >= 11 is 0. The lowest BCUT2D eigenvalue weighted by atomic mass is 9.98. The number of ketones is 1. The summed E-state index contributed by atoms with van der Waals surface area (Å²) < 4.78 is 35.7. The third-order valence-electron chi connectivity index (χ3n) is 6.93. The van der Waals surface area contributed by atoms with E-state index in [1.807, 2.05) is 0 Å². The molecule has 1 fully saturated rings. The van der Waals surface area contributed by atoms with Gasteiger partial charge in [0.25, 0.3) is 11.8 Å². The molecular weight excluding hydrogens is 535 g/mol. The molecule has 2 aromatic carbocycles. The van der Waals surface area contributed by atoms with Crippen LogP contribution in [0.4, 0.5) is 10.1 Å². The number of amides is 2. The Hall–Kier alpha value is -4.67. The van der Waals surface area contributed by atoms with Gasteiger partial charge >= 0.3 is 5.97 Å². The lowest BCUT2D eigenvalue weighted by molar-refractivity contribution is -0.149. The number of anilines is 1. The van der Waals surface area contributed by atoms with Gasteiger partial charge in [0.05, 0.1) is 24.8 Å². The molecule has 0 saturated carbocycles. The number of rotatable bonds is 9. The van der Waals surface area contributed by atoms with E-state index in [9.17, 15) is 23.6 Å². The minimum Gasteiger partial charge on any atom is -0.482 e. The summed E-state index contributed by atoms with van der Waals surface area (Å²) in [5, 5.41) is 0. The van der Waals surface area contributed by atoms with Gasteiger partial charge < -0.3 is 23.5 Å². The van der Waals surface area contributed by atoms with Gasteiger partial charge in [0.15, 0.2) is 36.3 Å². The van der Waals surface area contributed by atoms with Gasteiger partial charge in [-0.2, -0.15) is 0 Å². The second kappa shape index (κ2) is 12.2. The van der Waals surface area contributed by atoms with Crippen LogP contribution in [0.3, 0.4) is 0 Å². The maximum atomic E-state index is 13.9. The Morgan fingerprint density at radius 2 is 1.93 bits per heavy atom. The van der Waals surface area contributed by atoms with E-state index in [1.165, 1.54) is 35.2 Å². The maximum Gasteiger partial charge on any atom is 0.310 e. The molecule has 41 heavy (non-hydrogen) atoms. The molecule has 2 aliphatic rings. The van der Waals surface area contributed by atoms with Gasteiger partial charge in [-0.3, -0.25) is 24.1 Å². The van der Waals surface area contributed by atoms with Gasteiger partial charge in [-0.15, -0.1) is 0 Å². The highest BCUT2D eigenvalue weighted by Crippen LogP contribution is 2.34. The van der Waals surface area contributed by atoms with E-state index < -0.39 is 18.2 Å². The van der Waals surface area contributed by atoms with E-state index in [2.05, 4.69) is 0 Å². The minimum absolute atomic E-state index is 0.00268. The number of piperidine rings is 1. The van der Waals surface area contributed by atoms with Crippen LogP contribution in [0, 0.1) is 11.7 Å². The van der Waals surface area contributed by atoms with Crippen molar-refractivity contribution in [3.8, 4) is 11.5 Å². The highest BCUT2D eigenvalue weighted by molar-refractivity contribution is 6.02. The van der Waals surface area contributed by atoms with Gasteiger partial charge in [-0.25, -0.2) is 4.39 Å². The number of hydrogen-bond donors (Lipinski definition) is 0. The number of likely N-dealkylation sites (tertiary alicyclic amines) is 1. The number of fused-ring (bicyclic) bond motifs is 1. The lowest BCUT2D eigenvalue weighted by Crippen LogP contribution is -2.42. The van der Waals surface area contributed by atoms with Gasteiger partial charge in [-0.1, -0.05) is 12.1 Å². The van der Waals surface area contributed by atoms with E-state index in [4.69, 9.17) is 18.6 Å². The number of Topliss-reactive ketones (excluding diaryl/α,β-unsaturated/α-hetero) is 1. The summed E-state index contributed by atoms with van der Waals surface area (Å²) in [7, 11) is 0. The van der Waals surface area contributed by atoms with E-state index in [0.29, 0.717) is 36.6 Å². The number of carbonyl (C=O) groups is 4.